The van der Waals surface area contributed by atoms with Crippen LogP contribution in [0.25, 0.3) is 0 Å². The largest absolute Gasteiger partial charge is 0.485 e. The molecular formula is C25H28Br2O3. The van der Waals surface area contributed by atoms with Gasteiger partial charge in [0.15, 0.2) is 11.5 Å². The highest BCUT2D eigenvalue weighted by Gasteiger charge is 2.23. The first-order valence-corrected chi connectivity index (χ1v) is 11.9. The van der Waals surface area contributed by atoms with Gasteiger partial charge in [-0.1, -0.05) is 105 Å². The van der Waals surface area contributed by atoms with Gasteiger partial charge in [-0.3, -0.25) is 0 Å². The predicted molar refractivity (Wildman–Crippen MR) is 131 cm³/mol. The van der Waals surface area contributed by atoms with E-state index < -0.39 is 0 Å². The van der Waals surface area contributed by atoms with Crippen LogP contribution in [0.15, 0.2) is 84.9 Å². The van der Waals surface area contributed by atoms with Gasteiger partial charge in [0.2, 0.25) is 0 Å². The first-order chi connectivity index (χ1) is 14.8. The van der Waals surface area contributed by atoms with Gasteiger partial charge in [-0.15, -0.1) is 0 Å². The topological polar surface area (TPSA) is 38.7 Å². The maximum Gasteiger partial charge on any atom is 0.162 e. The van der Waals surface area contributed by atoms with E-state index in [9.17, 15) is 0 Å². The van der Waals surface area contributed by atoms with Crippen molar-refractivity contribution in [2.75, 3.05) is 12.4 Å². The van der Waals surface area contributed by atoms with E-state index in [0.29, 0.717) is 6.61 Å². The van der Waals surface area contributed by atoms with E-state index in [4.69, 9.17) is 14.6 Å². The number of halogens is 2. The van der Waals surface area contributed by atoms with Gasteiger partial charge in [0, 0.05) is 12.4 Å². The number of para-hydroxylation sites is 2. The van der Waals surface area contributed by atoms with Crippen molar-refractivity contribution < 1.29 is 14.6 Å². The average molecular weight is 536 g/mol. The first kappa shape index (κ1) is 24.4. The van der Waals surface area contributed by atoms with Crippen LogP contribution in [-0.4, -0.2) is 22.4 Å². The zero-order valence-corrected chi connectivity index (χ0v) is 20.3. The Morgan fingerprint density at radius 2 is 1.37 bits per heavy atom. The number of alkyl halides is 2. The SMILES string of the molecule is BrCCCC(Br)C(Oc1ccccc1OCc1ccccc1)c1ccccc1.CO. The molecule has 3 aromatic carbocycles. The minimum Gasteiger partial charge on any atom is -0.485 e. The van der Waals surface area contributed by atoms with E-state index in [0.717, 1.165) is 47.9 Å². The van der Waals surface area contributed by atoms with Crippen LogP contribution in [0.2, 0.25) is 0 Å². The van der Waals surface area contributed by atoms with E-state index >= 15 is 0 Å². The van der Waals surface area contributed by atoms with Crippen LogP contribution in [0, 0.1) is 0 Å². The molecule has 30 heavy (non-hydrogen) atoms. The summed E-state index contributed by atoms with van der Waals surface area (Å²) in [7, 11) is 1.00. The molecule has 3 rings (SSSR count). The van der Waals surface area contributed by atoms with Gasteiger partial charge >= 0.3 is 0 Å². The third kappa shape index (κ3) is 7.78. The molecule has 0 aliphatic heterocycles. The average Bonchev–Trinajstić information content (AvgIpc) is 2.82. The zero-order valence-electron chi connectivity index (χ0n) is 17.1. The zero-order chi connectivity index (χ0) is 21.6. The Morgan fingerprint density at radius 1 is 0.800 bits per heavy atom. The quantitative estimate of drug-likeness (QED) is 0.286. The Labute approximate surface area is 196 Å². The molecular weight excluding hydrogens is 508 g/mol. The number of hydrogen-bond donors (Lipinski definition) is 1. The third-order valence-corrected chi connectivity index (χ3v) is 5.91. The van der Waals surface area contributed by atoms with Crippen molar-refractivity contribution in [1.82, 2.24) is 0 Å². The summed E-state index contributed by atoms with van der Waals surface area (Å²) in [5.74, 6) is 1.52. The van der Waals surface area contributed by atoms with Crippen LogP contribution in [0.1, 0.15) is 30.1 Å². The molecule has 0 spiro atoms. The molecule has 2 atom stereocenters. The molecule has 3 nitrogen and oxygen atoms in total. The number of hydrogen-bond acceptors (Lipinski definition) is 3. The smallest absolute Gasteiger partial charge is 0.162 e. The highest BCUT2D eigenvalue weighted by Crippen LogP contribution is 2.36. The molecule has 0 fully saturated rings. The van der Waals surface area contributed by atoms with Crippen LogP contribution in [0.3, 0.4) is 0 Å². The second kappa shape index (κ2) is 14.2. The van der Waals surface area contributed by atoms with E-state index in [-0.39, 0.29) is 10.9 Å². The van der Waals surface area contributed by atoms with Gasteiger partial charge in [-0.25, -0.2) is 0 Å². The van der Waals surface area contributed by atoms with Gasteiger partial charge in [0.25, 0.3) is 0 Å². The monoisotopic (exact) mass is 534 g/mol. The molecule has 2 unspecified atom stereocenters. The molecule has 0 radical (unpaired) electrons. The molecule has 0 heterocycles. The molecule has 0 aromatic heterocycles. The van der Waals surface area contributed by atoms with Crippen molar-refractivity contribution >= 4 is 31.9 Å². The highest BCUT2D eigenvalue weighted by molar-refractivity contribution is 9.09. The van der Waals surface area contributed by atoms with Crippen molar-refractivity contribution in [3.05, 3.63) is 96.1 Å². The summed E-state index contributed by atoms with van der Waals surface area (Å²) >= 11 is 7.38. The van der Waals surface area contributed by atoms with Crippen molar-refractivity contribution in [2.24, 2.45) is 0 Å². The summed E-state index contributed by atoms with van der Waals surface area (Å²) in [4.78, 5) is 0.203. The number of ether oxygens (including phenoxy) is 2. The standard InChI is InChI=1S/C24H24Br2O2.CH4O/c25-17-9-14-21(26)24(20-12-5-2-6-13-20)28-23-16-8-7-15-22(23)27-18-19-10-3-1-4-11-19;1-2/h1-8,10-13,15-16,21,24H,9,14,17-18H2;2H,1H3. The van der Waals surface area contributed by atoms with E-state index in [1.54, 1.807) is 0 Å². The van der Waals surface area contributed by atoms with E-state index in [2.05, 4.69) is 56.1 Å². The summed E-state index contributed by atoms with van der Waals surface area (Å²) in [6.45, 7) is 0.512. The molecule has 0 bridgehead atoms. The number of benzene rings is 3. The molecule has 3 aromatic rings. The summed E-state index contributed by atoms with van der Waals surface area (Å²) < 4.78 is 12.6. The van der Waals surface area contributed by atoms with Crippen molar-refractivity contribution in [3.8, 4) is 11.5 Å². The molecule has 0 amide bonds. The molecule has 0 aliphatic rings. The van der Waals surface area contributed by atoms with Gasteiger partial charge < -0.3 is 14.6 Å². The molecule has 5 heteroatoms. The predicted octanol–water partition coefficient (Wildman–Crippen LogP) is 6.93. The fourth-order valence-corrected chi connectivity index (χ4v) is 4.02. The fraction of sp³-hybridized carbons (Fsp3) is 0.280. The summed E-state index contributed by atoms with van der Waals surface area (Å²) in [6, 6.07) is 28.4. The van der Waals surface area contributed by atoms with Gasteiger partial charge in [0.1, 0.15) is 12.7 Å². The molecule has 0 aliphatic carbocycles. The van der Waals surface area contributed by atoms with Crippen molar-refractivity contribution in [3.63, 3.8) is 0 Å². The molecule has 160 valence electrons. The summed E-state index contributed by atoms with van der Waals surface area (Å²) in [6.07, 6.45) is 1.99. The maximum absolute atomic E-state index is 7.00. The number of aliphatic hydroxyl groups is 1. The van der Waals surface area contributed by atoms with Gasteiger partial charge in [0.05, 0.1) is 4.83 Å². The van der Waals surface area contributed by atoms with Gasteiger partial charge in [-0.05, 0) is 36.1 Å². The third-order valence-electron chi connectivity index (χ3n) is 4.41. The Morgan fingerprint density at radius 3 is 2.00 bits per heavy atom. The summed E-state index contributed by atoms with van der Waals surface area (Å²) in [5.41, 5.74) is 2.28. The minimum atomic E-state index is -0.0956. The minimum absolute atomic E-state index is 0.0956. The Kier molecular flexibility index (Phi) is 11.6. The molecule has 1 N–H and O–H groups in total. The van der Waals surface area contributed by atoms with Crippen molar-refractivity contribution in [1.29, 1.82) is 0 Å². The Balaban J connectivity index is 0.00000155. The lowest BCUT2D eigenvalue weighted by Crippen LogP contribution is -2.19. The normalized spacial score (nSPS) is 12.3. The summed E-state index contributed by atoms with van der Waals surface area (Å²) in [5, 5.41) is 7.98. The van der Waals surface area contributed by atoms with Crippen molar-refractivity contribution in [2.45, 2.75) is 30.4 Å². The fourth-order valence-electron chi connectivity index (χ4n) is 2.96. The Bertz CT molecular complexity index is 828. The van der Waals surface area contributed by atoms with Crippen LogP contribution < -0.4 is 9.47 Å². The first-order valence-electron chi connectivity index (χ1n) is 9.90. The maximum atomic E-state index is 7.00. The van der Waals surface area contributed by atoms with Gasteiger partial charge in [-0.2, -0.15) is 0 Å². The molecule has 0 saturated heterocycles. The lowest BCUT2D eigenvalue weighted by molar-refractivity contribution is 0.185. The number of aliphatic hydroxyl groups excluding tert-OH is 1. The van der Waals surface area contributed by atoms with Crippen LogP contribution in [0.5, 0.6) is 11.5 Å². The lowest BCUT2D eigenvalue weighted by atomic mass is 10.0. The van der Waals surface area contributed by atoms with Crippen LogP contribution in [-0.2, 0) is 6.61 Å². The van der Waals surface area contributed by atoms with E-state index in [1.807, 2.05) is 60.7 Å². The number of rotatable bonds is 10. The lowest BCUT2D eigenvalue weighted by Gasteiger charge is -2.25. The highest BCUT2D eigenvalue weighted by atomic mass is 79.9. The molecule has 0 saturated carbocycles. The Hall–Kier alpha value is -1.82. The van der Waals surface area contributed by atoms with Crippen LogP contribution in [0.4, 0.5) is 0 Å². The van der Waals surface area contributed by atoms with Crippen LogP contribution >= 0.6 is 31.9 Å². The second-order valence-electron chi connectivity index (χ2n) is 6.52. The second-order valence-corrected chi connectivity index (χ2v) is 8.49. The van der Waals surface area contributed by atoms with E-state index in [1.165, 1.54) is 0 Å².